The molecule has 0 radical (unpaired) electrons. The Hall–Kier alpha value is -2.49. The van der Waals surface area contributed by atoms with Gasteiger partial charge in [-0.25, -0.2) is 9.64 Å². The van der Waals surface area contributed by atoms with Gasteiger partial charge in [0.15, 0.2) is 5.69 Å². The van der Waals surface area contributed by atoms with Crippen molar-refractivity contribution in [2.45, 2.75) is 52.6 Å². The van der Waals surface area contributed by atoms with Gasteiger partial charge in [0.05, 0.1) is 13.7 Å². The minimum Gasteiger partial charge on any atom is -0.467 e. The molecule has 0 heterocycles. The van der Waals surface area contributed by atoms with Crippen molar-refractivity contribution in [3.05, 3.63) is 64.5 Å². The summed E-state index contributed by atoms with van der Waals surface area (Å²) in [5.74, 6) is -0.540. The minimum atomic E-state index is -0.643. The number of hydrogen-bond donors (Lipinski definition) is 0. The lowest BCUT2D eigenvalue weighted by Crippen LogP contribution is -2.48. The Morgan fingerprint density at radius 2 is 1.81 bits per heavy atom. The topological polar surface area (TPSA) is 51.0 Å². The van der Waals surface area contributed by atoms with Crippen LogP contribution in [0.4, 0.5) is 5.69 Å². The first kappa shape index (κ1) is 27.5. The van der Waals surface area contributed by atoms with Crippen molar-refractivity contribution >= 4 is 42.7 Å². The number of benzene rings is 2. The van der Waals surface area contributed by atoms with Crippen molar-refractivity contribution in [3.8, 4) is 11.1 Å². The maximum atomic E-state index is 13.0. The van der Waals surface area contributed by atoms with E-state index in [9.17, 15) is 9.59 Å². The SMILES string of the molecule is S.[C-]#[N+]c1ccc(Cl)cc1-c1ccc(CN(C(=O)CCCC)[C@H](C(=O)OC)C(C)C)cc1. The van der Waals surface area contributed by atoms with Gasteiger partial charge in [-0.05, 0) is 35.1 Å². The Bertz CT molecular complexity index is 955. The maximum Gasteiger partial charge on any atom is 0.328 e. The maximum absolute atomic E-state index is 13.0. The smallest absolute Gasteiger partial charge is 0.328 e. The van der Waals surface area contributed by atoms with Crippen LogP contribution in [0.3, 0.4) is 0 Å². The number of carbonyl (C=O) groups is 2. The molecule has 1 atom stereocenters. The van der Waals surface area contributed by atoms with Crippen molar-refractivity contribution in [1.82, 2.24) is 4.90 Å². The Kier molecular flexibility index (Phi) is 11.3. The molecule has 0 fully saturated rings. The highest BCUT2D eigenvalue weighted by molar-refractivity contribution is 7.59. The minimum absolute atomic E-state index is 0. The van der Waals surface area contributed by atoms with E-state index in [0.717, 1.165) is 29.5 Å². The molecule has 172 valence electrons. The standard InChI is InChI=1S/C25H29ClN2O3.H2S/c1-6-7-8-23(29)28(24(17(2)3)25(30)31-5)16-18-9-11-19(12-10-18)21-15-20(26)13-14-22(21)27-4;/h9-15,17,24H,6-8,16H2,1-3,5H3;1H2/t24-;/m0./s1. The molecular weight excluding hydrogens is 444 g/mol. The molecule has 0 aliphatic rings. The van der Waals surface area contributed by atoms with E-state index >= 15 is 0 Å². The largest absolute Gasteiger partial charge is 0.467 e. The van der Waals surface area contributed by atoms with E-state index in [4.69, 9.17) is 22.9 Å². The number of halogens is 1. The summed E-state index contributed by atoms with van der Waals surface area (Å²) in [6.07, 6.45) is 2.07. The lowest BCUT2D eigenvalue weighted by molar-refractivity contribution is -0.155. The first-order chi connectivity index (χ1) is 14.8. The Balaban J connectivity index is 0.00000512. The van der Waals surface area contributed by atoms with Crippen LogP contribution in [0, 0.1) is 12.5 Å². The van der Waals surface area contributed by atoms with Crippen LogP contribution in [0.15, 0.2) is 42.5 Å². The molecule has 0 bridgehead atoms. The molecule has 0 saturated heterocycles. The summed E-state index contributed by atoms with van der Waals surface area (Å²) < 4.78 is 4.99. The number of amides is 1. The molecule has 0 aliphatic heterocycles. The van der Waals surface area contributed by atoms with Gasteiger partial charge in [0.2, 0.25) is 5.91 Å². The summed E-state index contributed by atoms with van der Waals surface area (Å²) in [5, 5.41) is 0.567. The Morgan fingerprint density at radius 1 is 1.16 bits per heavy atom. The van der Waals surface area contributed by atoms with Gasteiger partial charge in [-0.15, -0.1) is 0 Å². The third kappa shape index (κ3) is 7.01. The molecule has 0 N–H and O–H groups in total. The predicted molar refractivity (Wildman–Crippen MR) is 134 cm³/mol. The molecular formula is C25H31ClN2O3S. The molecule has 2 aromatic carbocycles. The summed E-state index contributed by atoms with van der Waals surface area (Å²) >= 11 is 6.12. The molecule has 0 unspecified atom stereocenters. The number of hydrogen-bond acceptors (Lipinski definition) is 3. The van der Waals surface area contributed by atoms with E-state index in [-0.39, 0.29) is 25.3 Å². The fourth-order valence-corrected chi connectivity index (χ4v) is 3.69. The summed E-state index contributed by atoms with van der Waals surface area (Å²) in [4.78, 5) is 30.6. The van der Waals surface area contributed by atoms with Gasteiger partial charge >= 0.3 is 5.97 Å². The van der Waals surface area contributed by atoms with E-state index in [0.29, 0.717) is 23.7 Å². The molecule has 2 aromatic rings. The van der Waals surface area contributed by atoms with E-state index in [1.165, 1.54) is 7.11 Å². The van der Waals surface area contributed by atoms with Gasteiger partial charge in [-0.3, -0.25) is 4.79 Å². The van der Waals surface area contributed by atoms with Gasteiger partial charge < -0.3 is 9.64 Å². The second kappa shape index (κ2) is 13.1. The Labute approximate surface area is 203 Å². The van der Waals surface area contributed by atoms with Crippen LogP contribution in [0.1, 0.15) is 45.6 Å². The van der Waals surface area contributed by atoms with Gasteiger partial charge in [-0.1, -0.05) is 75.2 Å². The van der Waals surface area contributed by atoms with E-state index in [1.54, 1.807) is 23.1 Å². The zero-order valence-electron chi connectivity index (χ0n) is 19.0. The number of esters is 1. The van der Waals surface area contributed by atoms with Crippen molar-refractivity contribution in [1.29, 1.82) is 0 Å². The zero-order valence-corrected chi connectivity index (χ0v) is 20.8. The zero-order chi connectivity index (χ0) is 23.0. The first-order valence-corrected chi connectivity index (χ1v) is 10.8. The van der Waals surface area contributed by atoms with Crippen LogP contribution >= 0.6 is 25.1 Å². The molecule has 0 aromatic heterocycles. The molecule has 2 rings (SSSR count). The molecule has 0 aliphatic carbocycles. The normalized spacial score (nSPS) is 11.3. The summed E-state index contributed by atoms with van der Waals surface area (Å²) in [6, 6.07) is 12.2. The quantitative estimate of drug-likeness (QED) is 0.312. The highest BCUT2D eigenvalue weighted by Gasteiger charge is 2.33. The summed E-state index contributed by atoms with van der Waals surface area (Å²) in [5.41, 5.74) is 3.06. The van der Waals surface area contributed by atoms with Crippen molar-refractivity contribution < 1.29 is 14.3 Å². The van der Waals surface area contributed by atoms with Gasteiger partial charge in [0.1, 0.15) is 6.04 Å². The molecule has 7 heteroatoms. The highest BCUT2D eigenvalue weighted by Crippen LogP contribution is 2.33. The van der Waals surface area contributed by atoms with Crippen LogP contribution in [0.25, 0.3) is 16.0 Å². The molecule has 1 amide bonds. The Morgan fingerprint density at radius 3 is 2.34 bits per heavy atom. The number of rotatable bonds is 9. The average Bonchev–Trinajstić information content (AvgIpc) is 2.77. The molecule has 0 spiro atoms. The van der Waals surface area contributed by atoms with Crippen molar-refractivity contribution in [3.63, 3.8) is 0 Å². The number of unbranched alkanes of at least 4 members (excludes halogenated alkanes) is 1. The number of methoxy groups -OCH3 is 1. The molecule has 32 heavy (non-hydrogen) atoms. The van der Waals surface area contributed by atoms with Crippen molar-refractivity contribution in [2.24, 2.45) is 5.92 Å². The van der Waals surface area contributed by atoms with Crippen LogP contribution < -0.4 is 0 Å². The van der Waals surface area contributed by atoms with E-state index < -0.39 is 12.0 Å². The van der Waals surface area contributed by atoms with Gasteiger partial charge in [0, 0.05) is 18.0 Å². The third-order valence-corrected chi connectivity index (χ3v) is 5.41. The monoisotopic (exact) mass is 474 g/mol. The number of carbonyl (C=O) groups excluding carboxylic acids is 2. The predicted octanol–water partition coefficient (Wildman–Crippen LogP) is 6.39. The second-order valence-electron chi connectivity index (χ2n) is 7.81. The summed E-state index contributed by atoms with van der Waals surface area (Å²) in [7, 11) is 1.35. The van der Waals surface area contributed by atoms with Crippen LogP contribution in [0.5, 0.6) is 0 Å². The van der Waals surface area contributed by atoms with Crippen LogP contribution in [0.2, 0.25) is 5.02 Å². The number of nitrogens with zero attached hydrogens (tertiary/aromatic N) is 2. The fraction of sp³-hybridized carbons (Fsp3) is 0.400. The van der Waals surface area contributed by atoms with E-state index in [2.05, 4.69) is 4.85 Å². The average molecular weight is 475 g/mol. The highest BCUT2D eigenvalue weighted by atomic mass is 35.5. The fourth-order valence-electron chi connectivity index (χ4n) is 3.52. The van der Waals surface area contributed by atoms with Crippen LogP contribution in [-0.2, 0) is 20.9 Å². The summed E-state index contributed by atoms with van der Waals surface area (Å²) in [6.45, 7) is 13.5. The van der Waals surface area contributed by atoms with Crippen LogP contribution in [-0.4, -0.2) is 29.9 Å². The first-order valence-electron chi connectivity index (χ1n) is 10.5. The van der Waals surface area contributed by atoms with Gasteiger partial charge in [-0.2, -0.15) is 13.5 Å². The molecule has 0 saturated carbocycles. The molecule has 5 nitrogen and oxygen atoms in total. The van der Waals surface area contributed by atoms with Gasteiger partial charge in [0.25, 0.3) is 0 Å². The van der Waals surface area contributed by atoms with Crippen molar-refractivity contribution in [2.75, 3.05) is 7.11 Å². The third-order valence-electron chi connectivity index (χ3n) is 5.17. The van der Waals surface area contributed by atoms with E-state index in [1.807, 2.05) is 45.0 Å². The lowest BCUT2D eigenvalue weighted by Gasteiger charge is -2.32. The lowest BCUT2D eigenvalue weighted by atomic mass is 9.99. The number of ether oxygens (including phenoxy) is 1. The second-order valence-corrected chi connectivity index (χ2v) is 8.24.